The van der Waals surface area contributed by atoms with Crippen molar-refractivity contribution < 1.29 is 9.59 Å². The zero-order valence-electron chi connectivity index (χ0n) is 13.7. The van der Waals surface area contributed by atoms with Crippen molar-refractivity contribution in [2.75, 3.05) is 6.54 Å². The van der Waals surface area contributed by atoms with Gasteiger partial charge in [0.25, 0.3) is 5.91 Å². The van der Waals surface area contributed by atoms with E-state index in [0.717, 1.165) is 18.4 Å². The summed E-state index contributed by atoms with van der Waals surface area (Å²) in [6.07, 6.45) is 2.03. The molecule has 5 nitrogen and oxygen atoms in total. The number of nitrogens with one attached hydrogen (secondary N) is 2. The van der Waals surface area contributed by atoms with E-state index in [0.29, 0.717) is 18.7 Å². The molecule has 22 heavy (non-hydrogen) atoms. The van der Waals surface area contributed by atoms with Crippen molar-refractivity contribution in [2.24, 2.45) is 11.7 Å². The summed E-state index contributed by atoms with van der Waals surface area (Å²) in [7, 11) is 0. The minimum Gasteiger partial charge on any atom is -0.352 e. The van der Waals surface area contributed by atoms with Crippen LogP contribution in [0.1, 0.15) is 49.5 Å². The molecule has 0 aliphatic heterocycles. The first-order valence-corrected chi connectivity index (χ1v) is 7.86. The molecule has 2 amide bonds. The Morgan fingerprint density at radius 2 is 1.77 bits per heavy atom. The SMILES string of the molecule is CCCCNC(=O)c1ccc(CNC(=O)C(C)C(C)N)cc1. The molecular weight excluding hydrogens is 278 g/mol. The Hall–Kier alpha value is -1.88. The molecule has 0 aromatic heterocycles. The smallest absolute Gasteiger partial charge is 0.251 e. The van der Waals surface area contributed by atoms with Crippen LogP contribution in [0.3, 0.4) is 0 Å². The fraction of sp³-hybridized carbons (Fsp3) is 0.529. The molecule has 1 aromatic rings. The molecule has 122 valence electrons. The highest BCUT2D eigenvalue weighted by Gasteiger charge is 2.16. The fourth-order valence-corrected chi connectivity index (χ4v) is 1.84. The number of benzene rings is 1. The van der Waals surface area contributed by atoms with Crippen LogP contribution in [0.2, 0.25) is 0 Å². The number of hydrogen-bond acceptors (Lipinski definition) is 3. The van der Waals surface area contributed by atoms with Crippen LogP contribution < -0.4 is 16.4 Å². The van der Waals surface area contributed by atoms with Crippen molar-refractivity contribution in [3.8, 4) is 0 Å². The zero-order valence-corrected chi connectivity index (χ0v) is 13.7. The van der Waals surface area contributed by atoms with Gasteiger partial charge < -0.3 is 16.4 Å². The van der Waals surface area contributed by atoms with Crippen molar-refractivity contribution in [1.82, 2.24) is 10.6 Å². The van der Waals surface area contributed by atoms with Crippen molar-refractivity contribution in [1.29, 1.82) is 0 Å². The summed E-state index contributed by atoms with van der Waals surface area (Å²) < 4.78 is 0. The van der Waals surface area contributed by atoms with E-state index >= 15 is 0 Å². The molecule has 2 atom stereocenters. The summed E-state index contributed by atoms with van der Waals surface area (Å²) in [5, 5.41) is 5.73. The van der Waals surface area contributed by atoms with Crippen LogP contribution in [0.5, 0.6) is 0 Å². The second-order valence-electron chi connectivity index (χ2n) is 5.67. The quantitative estimate of drug-likeness (QED) is 0.640. The molecule has 2 unspecified atom stereocenters. The Kier molecular flexibility index (Phi) is 7.60. The van der Waals surface area contributed by atoms with Gasteiger partial charge in [0.1, 0.15) is 0 Å². The van der Waals surface area contributed by atoms with Crippen LogP contribution in [-0.2, 0) is 11.3 Å². The summed E-state index contributed by atoms with van der Waals surface area (Å²) in [4.78, 5) is 23.7. The number of carbonyl (C=O) groups excluding carboxylic acids is 2. The Morgan fingerprint density at radius 3 is 2.32 bits per heavy atom. The maximum Gasteiger partial charge on any atom is 0.251 e. The number of unbranched alkanes of at least 4 members (excludes halogenated alkanes) is 1. The van der Waals surface area contributed by atoms with E-state index in [1.807, 2.05) is 26.0 Å². The molecule has 0 spiro atoms. The second-order valence-corrected chi connectivity index (χ2v) is 5.67. The summed E-state index contributed by atoms with van der Waals surface area (Å²) in [5.41, 5.74) is 7.29. The molecule has 0 saturated heterocycles. The number of nitrogens with two attached hydrogens (primary N) is 1. The maximum atomic E-state index is 11.9. The molecule has 0 aliphatic rings. The van der Waals surface area contributed by atoms with E-state index in [1.54, 1.807) is 12.1 Å². The van der Waals surface area contributed by atoms with Crippen LogP contribution in [0.25, 0.3) is 0 Å². The lowest BCUT2D eigenvalue weighted by atomic mass is 10.0. The molecule has 4 N–H and O–H groups in total. The molecule has 0 aliphatic carbocycles. The number of carbonyl (C=O) groups is 2. The Balaban J connectivity index is 2.48. The van der Waals surface area contributed by atoms with Crippen LogP contribution >= 0.6 is 0 Å². The molecular formula is C17H27N3O2. The average Bonchev–Trinajstić information content (AvgIpc) is 2.52. The summed E-state index contributed by atoms with van der Waals surface area (Å²) in [6.45, 7) is 6.84. The van der Waals surface area contributed by atoms with Gasteiger partial charge in [0.2, 0.25) is 5.91 Å². The molecule has 0 saturated carbocycles. The van der Waals surface area contributed by atoms with Gasteiger partial charge in [-0.2, -0.15) is 0 Å². The molecule has 0 radical (unpaired) electrons. The predicted octanol–water partition coefficient (Wildman–Crippen LogP) is 1.82. The van der Waals surface area contributed by atoms with Gasteiger partial charge in [0.05, 0.1) is 0 Å². The van der Waals surface area contributed by atoms with Gasteiger partial charge in [-0.1, -0.05) is 32.4 Å². The lowest BCUT2D eigenvalue weighted by molar-refractivity contribution is -0.125. The van der Waals surface area contributed by atoms with Gasteiger partial charge in [-0.15, -0.1) is 0 Å². The predicted molar refractivity (Wildman–Crippen MR) is 88.3 cm³/mol. The van der Waals surface area contributed by atoms with Crippen molar-refractivity contribution in [3.63, 3.8) is 0 Å². The van der Waals surface area contributed by atoms with E-state index in [4.69, 9.17) is 5.73 Å². The Labute approximate surface area is 132 Å². The molecule has 0 fully saturated rings. The monoisotopic (exact) mass is 305 g/mol. The summed E-state index contributed by atoms with van der Waals surface area (Å²) >= 11 is 0. The highest BCUT2D eigenvalue weighted by molar-refractivity contribution is 5.94. The van der Waals surface area contributed by atoms with Crippen molar-refractivity contribution >= 4 is 11.8 Å². The topological polar surface area (TPSA) is 84.2 Å². The normalized spacial score (nSPS) is 13.3. The van der Waals surface area contributed by atoms with E-state index in [9.17, 15) is 9.59 Å². The van der Waals surface area contributed by atoms with E-state index < -0.39 is 0 Å². The van der Waals surface area contributed by atoms with Gasteiger partial charge in [-0.05, 0) is 31.0 Å². The summed E-state index contributed by atoms with van der Waals surface area (Å²) in [6, 6.07) is 7.08. The van der Waals surface area contributed by atoms with Gasteiger partial charge >= 0.3 is 0 Å². The third-order valence-electron chi connectivity index (χ3n) is 3.70. The van der Waals surface area contributed by atoms with E-state index in [-0.39, 0.29) is 23.8 Å². The third kappa shape index (κ3) is 5.85. The zero-order chi connectivity index (χ0) is 16.5. The number of hydrogen-bond donors (Lipinski definition) is 3. The largest absolute Gasteiger partial charge is 0.352 e. The lowest BCUT2D eigenvalue weighted by Gasteiger charge is -2.15. The van der Waals surface area contributed by atoms with Crippen LogP contribution in [-0.4, -0.2) is 24.4 Å². The second kappa shape index (κ2) is 9.20. The third-order valence-corrected chi connectivity index (χ3v) is 3.70. The van der Waals surface area contributed by atoms with E-state index in [1.165, 1.54) is 0 Å². The van der Waals surface area contributed by atoms with E-state index in [2.05, 4.69) is 17.6 Å². The molecule has 0 heterocycles. The van der Waals surface area contributed by atoms with Gasteiger partial charge in [-0.3, -0.25) is 9.59 Å². The van der Waals surface area contributed by atoms with Crippen LogP contribution in [0.4, 0.5) is 0 Å². The first-order valence-electron chi connectivity index (χ1n) is 7.86. The Bertz CT molecular complexity index is 483. The van der Waals surface area contributed by atoms with Crippen LogP contribution in [0, 0.1) is 5.92 Å². The van der Waals surface area contributed by atoms with Gasteiger partial charge in [0, 0.05) is 30.6 Å². The minimum atomic E-state index is -0.219. The van der Waals surface area contributed by atoms with Gasteiger partial charge in [0.15, 0.2) is 0 Å². The first-order chi connectivity index (χ1) is 10.5. The molecule has 1 aromatic carbocycles. The molecule has 1 rings (SSSR count). The summed E-state index contributed by atoms with van der Waals surface area (Å²) in [5.74, 6) is -0.338. The fourth-order valence-electron chi connectivity index (χ4n) is 1.84. The number of amides is 2. The molecule has 5 heteroatoms. The number of rotatable bonds is 8. The Morgan fingerprint density at radius 1 is 1.14 bits per heavy atom. The average molecular weight is 305 g/mol. The first kappa shape index (κ1) is 18.2. The standard InChI is InChI=1S/C17H27N3O2/c1-4-5-10-19-17(22)15-8-6-14(7-9-15)11-20-16(21)12(2)13(3)18/h6-9,12-13H,4-5,10-11,18H2,1-3H3,(H,19,22)(H,20,21). The van der Waals surface area contributed by atoms with Crippen molar-refractivity contribution in [2.45, 2.75) is 46.2 Å². The minimum absolute atomic E-state index is 0.0589. The highest BCUT2D eigenvalue weighted by atomic mass is 16.2. The highest BCUT2D eigenvalue weighted by Crippen LogP contribution is 2.06. The maximum absolute atomic E-state index is 11.9. The lowest BCUT2D eigenvalue weighted by Crippen LogP contribution is -2.38. The molecule has 0 bridgehead atoms. The van der Waals surface area contributed by atoms with Gasteiger partial charge in [-0.25, -0.2) is 0 Å². The van der Waals surface area contributed by atoms with Crippen LogP contribution in [0.15, 0.2) is 24.3 Å². The van der Waals surface area contributed by atoms with Crippen molar-refractivity contribution in [3.05, 3.63) is 35.4 Å².